The fourth-order valence-electron chi connectivity index (χ4n) is 2.05. The van der Waals surface area contributed by atoms with Crippen molar-refractivity contribution in [1.82, 2.24) is 0 Å². The summed E-state index contributed by atoms with van der Waals surface area (Å²) < 4.78 is 42.0. The van der Waals surface area contributed by atoms with E-state index in [0.29, 0.717) is 12.8 Å². The zero-order valence-corrected chi connectivity index (χ0v) is 11.3. The Morgan fingerprint density at radius 3 is 2.47 bits per heavy atom. The zero-order valence-electron chi connectivity index (χ0n) is 10.4. The molecule has 0 aliphatic heterocycles. The van der Waals surface area contributed by atoms with Crippen molar-refractivity contribution in [3.05, 3.63) is 23.5 Å². The maximum atomic E-state index is 13.6. The van der Waals surface area contributed by atoms with Gasteiger partial charge in [0.05, 0.1) is 7.11 Å². The first-order chi connectivity index (χ1) is 8.84. The molecule has 0 saturated heterocycles. The number of benzene rings is 1. The van der Waals surface area contributed by atoms with E-state index >= 15 is 0 Å². The molecule has 5 nitrogen and oxygen atoms in total. The van der Waals surface area contributed by atoms with Crippen molar-refractivity contribution in [3.8, 4) is 5.75 Å². The van der Waals surface area contributed by atoms with Gasteiger partial charge in [0.1, 0.15) is 22.0 Å². The van der Waals surface area contributed by atoms with Gasteiger partial charge in [-0.3, -0.25) is 0 Å². The number of aliphatic imine (C=N–C) groups is 1. The van der Waals surface area contributed by atoms with Gasteiger partial charge < -0.3 is 4.74 Å². The van der Waals surface area contributed by atoms with Crippen LogP contribution in [-0.4, -0.2) is 27.9 Å². The minimum atomic E-state index is -3.64. The normalized spacial score (nSPS) is 16.6. The second-order valence-corrected chi connectivity index (χ2v) is 6.48. The monoisotopic (exact) mass is 285 g/mol. The molecular weight excluding hydrogens is 273 g/mol. The van der Waals surface area contributed by atoms with Crippen molar-refractivity contribution in [2.24, 2.45) is 4.99 Å². The molecule has 1 aromatic carbocycles. The second-order valence-electron chi connectivity index (χ2n) is 4.49. The summed E-state index contributed by atoms with van der Waals surface area (Å²) in [6.45, 7) is 0. The Hall–Kier alpha value is -1.72. The van der Waals surface area contributed by atoms with Crippen LogP contribution in [0.3, 0.4) is 0 Å². The molecule has 19 heavy (non-hydrogen) atoms. The van der Waals surface area contributed by atoms with Gasteiger partial charge in [-0.25, -0.2) is 17.6 Å². The SMILES string of the molecule is COc1c(C2(N=C=O)CC2)cc(F)cc1S(C)(=O)=O. The smallest absolute Gasteiger partial charge is 0.235 e. The highest BCUT2D eigenvalue weighted by molar-refractivity contribution is 7.90. The molecule has 102 valence electrons. The lowest BCUT2D eigenvalue weighted by Crippen LogP contribution is -2.10. The Kier molecular flexibility index (Phi) is 3.20. The third-order valence-corrected chi connectivity index (χ3v) is 4.21. The van der Waals surface area contributed by atoms with Gasteiger partial charge in [-0.1, -0.05) is 0 Å². The van der Waals surface area contributed by atoms with Gasteiger partial charge in [0.15, 0.2) is 9.84 Å². The molecule has 0 N–H and O–H groups in total. The van der Waals surface area contributed by atoms with Gasteiger partial charge in [0, 0.05) is 11.8 Å². The molecule has 1 aliphatic carbocycles. The summed E-state index contributed by atoms with van der Waals surface area (Å²) in [5.41, 5.74) is -0.618. The molecule has 1 aliphatic rings. The summed E-state index contributed by atoms with van der Waals surface area (Å²) >= 11 is 0. The first-order valence-electron chi connectivity index (χ1n) is 5.51. The number of hydrogen-bond acceptors (Lipinski definition) is 5. The molecule has 0 atom stereocenters. The van der Waals surface area contributed by atoms with Crippen molar-refractivity contribution in [3.63, 3.8) is 0 Å². The number of hydrogen-bond donors (Lipinski definition) is 0. The summed E-state index contributed by atoms with van der Waals surface area (Å²) in [7, 11) is -2.35. The maximum Gasteiger partial charge on any atom is 0.235 e. The van der Waals surface area contributed by atoms with Crippen LogP contribution in [0.2, 0.25) is 0 Å². The van der Waals surface area contributed by atoms with E-state index in [4.69, 9.17) is 4.74 Å². The van der Waals surface area contributed by atoms with Crippen LogP contribution < -0.4 is 4.74 Å². The molecule has 0 aromatic heterocycles. The third kappa shape index (κ3) is 2.39. The Morgan fingerprint density at radius 2 is 2.05 bits per heavy atom. The van der Waals surface area contributed by atoms with Gasteiger partial charge >= 0.3 is 0 Å². The first-order valence-corrected chi connectivity index (χ1v) is 7.40. The maximum absolute atomic E-state index is 13.6. The van der Waals surface area contributed by atoms with Crippen LogP contribution in [-0.2, 0) is 20.2 Å². The summed E-state index contributed by atoms with van der Waals surface area (Å²) in [5.74, 6) is -0.663. The fraction of sp³-hybridized carbons (Fsp3) is 0.417. The minimum Gasteiger partial charge on any atom is -0.495 e. The fourth-order valence-corrected chi connectivity index (χ4v) is 2.90. The largest absolute Gasteiger partial charge is 0.495 e. The first kappa shape index (κ1) is 13.7. The lowest BCUT2D eigenvalue weighted by atomic mass is 10.0. The number of halogens is 1. The predicted molar refractivity (Wildman–Crippen MR) is 65.1 cm³/mol. The molecule has 0 amide bonds. The average Bonchev–Trinajstić information content (AvgIpc) is 3.08. The van der Waals surface area contributed by atoms with E-state index in [1.165, 1.54) is 13.2 Å². The minimum absolute atomic E-state index is 0.0420. The Balaban J connectivity index is 2.75. The number of sulfone groups is 1. The second kappa shape index (κ2) is 4.43. The van der Waals surface area contributed by atoms with Crippen molar-refractivity contribution in [1.29, 1.82) is 0 Å². The average molecular weight is 285 g/mol. The van der Waals surface area contributed by atoms with Crippen molar-refractivity contribution >= 4 is 15.9 Å². The highest BCUT2D eigenvalue weighted by Gasteiger charge is 2.48. The Morgan fingerprint density at radius 1 is 1.42 bits per heavy atom. The summed E-state index contributed by atoms with van der Waals surface area (Å²) in [6, 6.07) is 2.06. The highest BCUT2D eigenvalue weighted by Crippen LogP contribution is 2.53. The quantitative estimate of drug-likeness (QED) is 0.621. The lowest BCUT2D eigenvalue weighted by molar-refractivity contribution is 0.390. The van der Waals surface area contributed by atoms with Gasteiger partial charge in [-0.05, 0) is 25.0 Å². The molecule has 7 heteroatoms. The number of carbonyl (C=O) groups excluding carboxylic acids is 1. The molecule has 1 saturated carbocycles. The molecule has 1 fully saturated rings. The van der Waals surface area contributed by atoms with Gasteiger partial charge in [-0.2, -0.15) is 4.99 Å². The number of methoxy groups -OCH3 is 1. The van der Waals surface area contributed by atoms with Crippen LogP contribution in [0.1, 0.15) is 18.4 Å². The Bertz CT molecular complexity index is 673. The number of nitrogens with zero attached hydrogens (tertiary/aromatic N) is 1. The van der Waals surface area contributed by atoms with E-state index in [2.05, 4.69) is 4.99 Å². The summed E-state index contributed by atoms with van der Waals surface area (Å²) in [5, 5.41) is 0. The van der Waals surface area contributed by atoms with Crippen LogP contribution in [0.25, 0.3) is 0 Å². The van der Waals surface area contributed by atoms with E-state index in [1.807, 2.05) is 0 Å². The molecule has 0 spiro atoms. The molecule has 0 bridgehead atoms. The van der Waals surface area contributed by atoms with Gasteiger partial charge in [0.25, 0.3) is 0 Å². The van der Waals surface area contributed by atoms with Crippen LogP contribution in [0, 0.1) is 5.82 Å². The van der Waals surface area contributed by atoms with Gasteiger partial charge in [0.2, 0.25) is 6.08 Å². The van der Waals surface area contributed by atoms with Crippen LogP contribution in [0.4, 0.5) is 4.39 Å². The van der Waals surface area contributed by atoms with Crippen molar-refractivity contribution in [2.45, 2.75) is 23.3 Å². The summed E-state index contributed by atoms with van der Waals surface area (Å²) in [6.07, 6.45) is 3.48. The highest BCUT2D eigenvalue weighted by atomic mass is 32.2. The third-order valence-electron chi connectivity index (χ3n) is 3.11. The number of isocyanates is 1. The van der Waals surface area contributed by atoms with E-state index in [0.717, 1.165) is 18.4 Å². The number of rotatable bonds is 4. The molecule has 1 aromatic rings. The van der Waals surface area contributed by atoms with E-state index in [9.17, 15) is 17.6 Å². The van der Waals surface area contributed by atoms with Gasteiger partial charge in [-0.15, -0.1) is 0 Å². The standard InChI is InChI=1S/C12H12FNO4S/c1-18-11-9(12(3-4-12)14-7-15)5-8(13)6-10(11)19(2,16)17/h5-6H,3-4H2,1-2H3. The molecule has 0 radical (unpaired) electrons. The van der Waals surface area contributed by atoms with Crippen LogP contribution >= 0.6 is 0 Å². The topological polar surface area (TPSA) is 72.8 Å². The van der Waals surface area contributed by atoms with Crippen molar-refractivity contribution in [2.75, 3.05) is 13.4 Å². The van der Waals surface area contributed by atoms with Crippen molar-refractivity contribution < 1.29 is 22.3 Å². The zero-order chi connectivity index (χ0) is 14.3. The molecule has 0 heterocycles. The summed E-state index contributed by atoms with van der Waals surface area (Å²) in [4.78, 5) is 13.9. The number of ether oxygens (including phenoxy) is 1. The van der Waals surface area contributed by atoms with E-state index < -0.39 is 21.2 Å². The lowest BCUT2D eigenvalue weighted by Gasteiger charge is -2.16. The van der Waals surface area contributed by atoms with E-state index in [-0.39, 0.29) is 16.2 Å². The Labute approximate surface area is 110 Å². The molecular formula is C12H12FNO4S. The molecule has 0 unspecified atom stereocenters. The van der Waals surface area contributed by atoms with Crippen LogP contribution in [0.15, 0.2) is 22.0 Å². The van der Waals surface area contributed by atoms with E-state index in [1.54, 1.807) is 0 Å². The predicted octanol–water partition coefficient (Wildman–Crippen LogP) is 1.56. The van der Waals surface area contributed by atoms with Crippen LogP contribution in [0.5, 0.6) is 5.75 Å². The molecule has 2 rings (SSSR count).